The molecular weight excluding hydrogens is 503 g/mol. The Balaban J connectivity index is 1.74. The molecule has 1 heterocycles. The molecule has 0 spiro atoms. The summed E-state index contributed by atoms with van der Waals surface area (Å²) in [5.41, 5.74) is 7.23. The number of pyridine rings is 1. The lowest BCUT2D eigenvalue weighted by molar-refractivity contribution is -0.121. The fourth-order valence-corrected chi connectivity index (χ4v) is 4.29. The molecule has 0 fully saturated rings. The molecule has 0 radical (unpaired) electrons. The van der Waals surface area contributed by atoms with Crippen LogP contribution in [-0.2, 0) is 17.6 Å². The van der Waals surface area contributed by atoms with Crippen LogP contribution in [0.15, 0.2) is 79.0 Å². The van der Waals surface area contributed by atoms with Crippen LogP contribution in [0.5, 0.6) is 0 Å². The second kappa shape index (κ2) is 11.3. The number of amides is 2. The van der Waals surface area contributed by atoms with Gasteiger partial charge in [-0.1, -0.05) is 35.9 Å². The van der Waals surface area contributed by atoms with Crippen molar-refractivity contribution in [3.8, 4) is 11.1 Å². The number of primary amides is 1. The van der Waals surface area contributed by atoms with Gasteiger partial charge in [0, 0.05) is 22.8 Å². The van der Waals surface area contributed by atoms with Crippen molar-refractivity contribution in [3.63, 3.8) is 0 Å². The summed E-state index contributed by atoms with van der Waals surface area (Å²) >= 11 is 6.03. The van der Waals surface area contributed by atoms with E-state index < -0.39 is 29.4 Å². The van der Waals surface area contributed by atoms with Crippen LogP contribution in [0.4, 0.5) is 13.2 Å². The van der Waals surface area contributed by atoms with E-state index in [1.165, 1.54) is 30.5 Å². The summed E-state index contributed by atoms with van der Waals surface area (Å²) in [6, 6.07) is 16.3. The first kappa shape index (κ1) is 25.9. The Morgan fingerprint density at radius 3 is 2.38 bits per heavy atom. The number of hydrogen-bond donors (Lipinski definition) is 2. The van der Waals surface area contributed by atoms with Gasteiger partial charge in [0.25, 0.3) is 5.91 Å². The van der Waals surface area contributed by atoms with Crippen molar-refractivity contribution in [1.82, 2.24) is 10.3 Å². The standard InChI is InChI=1S/C28H21ClF3N3O2/c29-19-4-1-3-16(9-19)13-26(36)35-25(12-17-10-20(30)15-21(31)11-17)27-22(5-2-8-34-27)18-6-7-24(32)23(14-18)28(33)37/h1-11,14-15,25H,12-13H2,(H2,33,37)(H,35,36)/t25-/m0/s1. The quantitative estimate of drug-likeness (QED) is 0.317. The molecule has 1 aromatic heterocycles. The molecule has 0 aliphatic carbocycles. The molecule has 1 atom stereocenters. The van der Waals surface area contributed by atoms with E-state index in [2.05, 4.69) is 10.3 Å². The fraction of sp³-hybridized carbons (Fsp3) is 0.107. The third kappa shape index (κ3) is 6.54. The van der Waals surface area contributed by atoms with Crippen molar-refractivity contribution >= 4 is 23.4 Å². The molecule has 4 rings (SSSR count). The topological polar surface area (TPSA) is 85.1 Å². The maximum Gasteiger partial charge on any atom is 0.251 e. The van der Waals surface area contributed by atoms with E-state index in [-0.39, 0.29) is 24.3 Å². The molecule has 9 heteroatoms. The first-order valence-corrected chi connectivity index (χ1v) is 11.6. The summed E-state index contributed by atoms with van der Waals surface area (Å²) in [6.45, 7) is 0. The van der Waals surface area contributed by atoms with Gasteiger partial charge in [-0.15, -0.1) is 0 Å². The van der Waals surface area contributed by atoms with Crippen molar-refractivity contribution in [1.29, 1.82) is 0 Å². The Hall–Kier alpha value is -4.17. The van der Waals surface area contributed by atoms with Crippen LogP contribution < -0.4 is 11.1 Å². The molecule has 0 saturated carbocycles. The van der Waals surface area contributed by atoms with Crippen molar-refractivity contribution < 1.29 is 22.8 Å². The summed E-state index contributed by atoms with van der Waals surface area (Å²) in [7, 11) is 0. The number of nitrogens with zero attached hydrogens (tertiary/aromatic N) is 1. The van der Waals surface area contributed by atoms with E-state index in [1.54, 1.807) is 36.4 Å². The maximum atomic E-state index is 14.1. The smallest absolute Gasteiger partial charge is 0.251 e. The highest BCUT2D eigenvalue weighted by molar-refractivity contribution is 6.30. The minimum absolute atomic E-state index is 0.000882. The van der Waals surface area contributed by atoms with Crippen LogP contribution in [0.2, 0.25) is 5.02 Å². The second-order valence-electron chi connectivity index (χ2n) is 8.40. The van der Waals surface area contributed by atoms with Crippen LogP contribution in [0, 0.1) is 17.5 Å². The monoisotopic (exact) mass is 523 g/mol. The van der Waals surface area contributed by atoms with Gasteiger partial charge in [-0.25, -0.2) is 13.2 Å². The van der Waals surface area contributed by atoms with E-state index in [1.807, 2.05) is 0 Å². The zero-order valence-electron chi connectivity index (χ0n) is 19.4. The Bertz CT molecular complexity index is 1460. The summed E-state index contributed by atoms with van der Waals surface area (Å²) in [4.78, 5) is 29.2. The minimum Gasteiger partial charge on any atom is -0.366 e. The number of halogens is 4. The largest absolute Gasteiger partial charge is 0.366 e. The first-order chi connectivity index (χ1) is 17.7. The van der Waals surface area contributed by atoms with E-state index in [0.717, 1.165) is 12.1 Å². The van der Waals surface area contributed by atoms with Crippen LogP contribution in [0.3, 0.4) is 0 Å². The van der Waals surface area contributed by atoms with Gasteiger partial charge in [-0.2, -0.15) is 0 Å². The fourth-order valence-electron chi connectivity index (χ4n) is 4.08. The van der Waals surface area contributed by atoms with E-state index in [0.29, 0.717) is 33.0 Å². The molecule has 37 heavy (non-hydrogen) atoms. The molecule has 0 bridgehead atoms. The van der Waals surface area contributed by atoms with Crippen molar-refractivity contribution in [2.75, 3.05) is 0 Å². The molecule has 0 aliphatic rings. The minimum atomic E-state index is -0.939. The molecular formula is C28H21ClF3N3O2. The van der Waals surface area contributed by atoms with Gasteiger partial charge >= 0.3 is 0 Å². The lowest BCUT2D eigenvalue weighted by Gasteiger charge is -2.22. The lowest BCUT2D eigenvalue weighted by atomic mass is 9.94. The van der Waals surface area contributed by atoms with Gasteiger partial charge in [-0.05, 0) is 65.6 Å². The van der Waals surface area contributed by atoms with E-state index in [9.17, 15) is 22.8 Å². The first-order valence-electron chi connectivity index (χ1n) is 11.2. The maximum absolute atomic E-state index is 14.1. The molecule has 2 amide bonds. The summed E-state index contributed by atoms with van der Waals surface area (Å²) < 4.78 is 42.0. The third-order valence-electron chi connectivity index (χ3n) is 5.66. The highest BCUT2D eigenvalue weighted by atomic mass is 35.5. The Labute approximate surface area is 216 Å². The molecule has 3 N–H and O–H groups in total. The number of hydrogen-bond acceptors (Lipinski definition) is 3. The Morgan fingerprint density at radius 1 is 0.919 bits per heavy atom. The molecule has 0 unspecified atom stereocenters. The summed E-state index contributed by atoms with van der Waals surface area (Å²) in [5.74, 6) is -3.61. The Kier molecular flexibility index (Phi) is 7.89. The number of rotatable bonds is 8. The highest BCUT2D eigenvalue weighted by Gasteiger charge is 2.22. The second-order valence-corrected chi connectivity index (χ2v) is 8.84. The summed E-state index contributed by atoms with van der Waals surface area (Å²) in [5, 5.41) is 3.37. The Morgan fingerprint density at radius 2 is 1.68 bits per heavy atom. The van der Waals surface area contributed by atoms with Crippen molar-refractivity contribution in [2.45, 2.75) is 18.9 Å². The lowest BCUT2D eigenvalue weighted by Crippen LogP contribution is -2.32. The third-order valence-corrected chi connectivity index (χ3v) is 5.90. The zero-order valence-corrected chi connectivity index (χ0v) is 20.1. The van der Waals surface area contributed by atoms with Crippen LogP contribution in [0.1, 0.15) is 33.2 Å². The predicted molar refractivity (Wildman–Crippen MR) is 134 cm³/mol. The number of aromatic nitrogens is 1. The van der Waals surface area contributed by atoms with Crippen LogP contribution >= 0.6 is 11.6 Å². The van der Waals surface area contributed by atoms with Gasteiger partial charge in [0.05, 0.1) is 23.7 Å². The molecule has 0 aliphatic heterocycles. The molecule has 3 aromatic carbocycles. The summed E-state index contributed by atoms with van der Waals surface area (Å²) in [6.07, 6.45) is 1.50. The van der Waals surface area contributed by atoms with Crippen molar-refractivity contribution in [3.05, 3.63) is 124 Å². The van der Waals surface area contributed by atoms with Crippen molar-refractivity contribution in [2.24, 2.45) is 5.73 Å². The van der Waals surface area contributed by atoms with Gasteiger partial charge in [0.1, 0.15) is 17.5 Å². The normalized spacial score (nSPS) is 11.7. The number of nitrogens with one attached hydrogen (secondary N) is 1. The van der Waals surface area contributed by atoms with Gasteiger partial charge in [0.15, 0.2) is 0 Å². The van der Waals surface area contributed by atoms with Crippen LogP contribution in [0.25, 0.3) is 11.1 Å². The SMILES string of the molecule is NC(=O)c1cc(-c2cccnc2[C@H](Cc2cc(F)cc(F)c2)NC(=O)Cc2cccc(Cl)c2)ccc1F. The number of nitrogens with two attached hydrogens (primary N) is 1. The number of carbonyl (C=O) groups excluding carboxylic acids is 2. The molecule has 0 saturated heterocycles. The van der Waals surface area contributed by atoms with Gasteiger partial charge in [0.2, 0.25) is 5.91 Å². The molecule has 188 valence electrons. The number of benzene rings is 3. The van der Waals surface area contributed by atoms with Gasteiger partial charge in [-0.3, -0.25) is 14.6 Å². The van der Waals surface area contributed by atoms with Gasteiger partial charge < -0.3 is 11.1 Å². The van der Waals surface area contributed by atoms with Crippen LogP contribution in [-0.4, -0.2) is 16.8 Å². The highest BCUT2D eigenvalue weighted by Crippen LogP contribution is 2.30. The average Bonchev–Trinajstić information content (AvgIpc) is 2.83. The predicted octanol–water partition coefficient (Wildman–Crippen LogP) is 5.56. The van der Waals surface area contributed by atoms with E-state index >= 15 is 0 Å². The molecule has 5 nitrogen and oxygen atoms in total. The average molecular weight is 524 g/mol. The van der Waals surface area contributed by atoms with E-state index in [4.69, 9.17) is 17.3 Å². The zero-order chi connectivity index (χ0) is 26.5. The number of carbonyl (C=O) groups is 2. The molecule has 4 aromatic rings.